The van der Waals surface area contributed by atoms with E-state index in [1.54, 1.807) is 19.2 Å². The quantitative estimate of drug-likeness (QED) is 0.305. The topological polar surface area (TPSA) is 146 Å². The van der Waals surface area contributed by atoms with Crippen LogP contribution in [0, 0.1) is 0 Å². The van der Waals surface area contributed by atoms with Crippen molar-refractivity contribution in [1.29, 1.82) is 0 Å². The number of benzene rings is 2. The fourth-order valence-corrected chi connectivity index (χ4v) is 4.93. The number of aromatic nitrogens is 6. The lowest BCUT2D eigenvalue weighted by atomic mass is 10.1. The molecule has 1 saturated heterocycles. The Balaban J connectivity index is 1.40. The molecule has 4 heterocycles. The number of ether oxygens (including phenoxy) is 2. The number of nitrogen functional groups attached to an aromatic ring is 1. The predicted molar refractivity (Wildman–Crippen MR) is 137 cm³/mol. The molecule has 0 radical (unpaired) electrons. The van der Waals surface area contributed by atoms with Crippen molar-refractivity contribution in [3.05, 3.63) is 59.1 Å². The number of aliphatic hydroxyl groups excluding tert-OH is 2. The van der Waals surface area contributed by atoms with Gasteiger partial charge in [0.15, 0.2) is 17.7 Å². The van der Waals surface area contributed by atoms with E-state index in [9.17, 15) is 10.2 Å². The molecular formula is C24H21Cl2N7O4. The van der Waals surface area contributed by atoms with Gasteiger partial charge < -0.3 is 30.0 Å². The Labute approximate surface area is 220 Å². The highest BCUT2D eigenvalue weighted by atomic mass is 35.5. The maximum atomic E-state index is 11.0. The van der Waals surface area contributed by atoms with Crippen molar-refractivity contribution in [3.8, 4) is 17.1 Å². The van der Waals surface area contributed by atoms with Gasteiger partial charge in [0.25, 0.3) is 0 Å². The molecule has 4 unspecified atom stereocenters. The molecular weight excluding hydrogens is 521 g/mol. The molecule has 4 N–H and O–H groups in total. The lowest BCUT2D eigenvalue weighted by Gasteiger charge is -2.18. The van der Waals surface area contributed by atoms with Crippen LogP contribution in [0.1, 0.15) is 6.23 Å². The molecule has 6 rings (SSSR count). The molecule has 3 aromatic heterocycles. The Bertz CT molecular complexity index is 1620. The molecule has 37 heavy (non-hydrogen) atoms. The summed E-state index contributed by atoms with van der Waals surface area (Å²) in [5.74, 6) is 1.52. The predicted octanol–water partition coefficient (Wildman–Crippen LogP) is 3.06. The van der Waals surface area contributed by atoms with E-state index in [2.05, 4.69) is 15.0 Å². The van der Waals surface area contributed by atoms with Crippen LogP contribution in [-0.2, 0) is 11.3 Å². The summed E-state index contributed by atoms with van der Waals surface area (Å²) in [5, 5.41) is 22.6. The fourth-order valence-electron chi connectivity index (χ4n) is 4.61. The number of hydrogen-bond donors (Lipinski definition) is 3. The van der Waals surface area contributed by atoms with E-state index in [1.807, 2.05) is 28.8 Å². The molecule has 0 spiro atoms. The molecule has 11 nitrogen and oxygen atoms in total. The first-order valence-corrected chi connectivity index (χ1v) is 12.1. The minimum Gasteiger partial charge on any atom is -0.497 e. The molecule has 1 aliphatic rings. The summed E-state index contributed by atoms with van der Waals surface area (Å²) >= 11 is 12.6. The van der Waals surface area contributed by atoms with Crippen molar-refractivity contribution in [2.75, 3.05) is 12.8 Å². The van der Waals surface area contributed by atoms with Gasteiger partial charge in [0.1, 0.15) is 41.7 Å². The van der Waals surface area contributed by atoms with Crippen LogP contribution >= 0.6 is 23.2 Å². The van der Waals surface area contributed by atoms with Crippen LogP contribution in [0.2, 0.25) is 10.0 Å². The summed E-state index contributed by atoms with van der Waals surface area (Å²) in [6.07, 6.45) is -1.47. The second-order valence-corrected chi connectivity index (χ2v) is 9.47. The van der Waals surface area contributed by atoms with E-state index in [-0.39, 0.29) is 12.4 Å². The van der Waals surface area contributed by atoms with E-state index < -0.39 is 24.5 Å². The molecule has 2 aromatic carbocycles. The number of rotatable bonds is 5. The van der Waals surface area contributed by atoms with Gasteiger partial charge in [0.05, 0.1) is 41.1 Å². The molecule has 190 valence electrons. The monoisotopic (exact) mass is 541 g/mol. The van der Waals surface area contributed by atoms with Gasteiger partial charge in [-0.15, -0.1) is 0 Å². The summed E-state index contributed by atoms with van der Waals surface area (Å²) in [6, 6.07) is 10.8. The second kappa shape index (κ2) is 9.12. The largest absolute Gasteiger partial charge is 0.497 e. The van der Waals surface area contributed by atoms with E-state index in [1.165, 1.54) is 17.2 Å². The highest BCUT2D eigenvalue weighted by Crippen LogP contribution is 2.36. The normalized spacial score (nSPS) is 21.8. The number of hydrogen-bond acceptors (Lipinski definition) is 9. The van der Waals surface area contributed by atoms with Gasteiger partial charge in [-0.1, -0.05) is 23.2 Å². The van der Waals surface area contributed by atoms with Crippen molar-refractivity contribution < 1.29 is 19.7 Å². The van der Waals surface area contributed by atoms with Crippen LogP contribution < -0.4 is 10.5 Å². The van der Waals surface area contributed by atoms with Gasteiger partial charge >= 0.3 is 0 Å². The average Bonchev–Trinajstić information content (AvgIpc) is 3.56. The van der Waals surface area contributed by atoms with E-state index in [0.29, 0.717) is 43.8 Å². The minimum atomic E-state index is -1.25. The van der Waals surface area contributed by atoms with Gasteiger partial charge in [0.2, 0.25) is 0 Å². The Morgan fingerprint density at radius 1 is 1.05 bits per heavy atom. The van der Waals surface area contributed by atoms with E-state index in [4.69, 9.17) is 43.4 Å². The third kappa shape index (κ3) is 3.95. The third-order valence-electron chi connectivity index (χ3n) is 6.50. The smallest absolute Gasteiger partial charge is 0.167 e. The highest BCUT2D eigenvalue weighted by Gasteiger charge is 2.45. The summed E-state index contributed by atoms with van der Waals surface area (Å²) in [6.45, 7) is 0.161. The van der Waals surface area contributed by atoms with Crippen molar-refractivity contribution in [3.63, 3.8) is 0 Å². The Morgan fingerprint density at radius 2 is 1.81 bits per heavy atom. The Kier molecular flexibility index (Phi) is 5.89. The number of nitrogens with zero attached hydrogens (tertiary/aromatic N) is 6. The van der Waals surface area contributed by atoms with Gasteiger partial charge in [-0.05, 0) is 36.4 Å². The molecule has 4 atom stereocenters. The second-order valence-electron chi connectivity index (χ2n) is 8.66. The molecule has 13 heteroatoms. The number of aliphatic hydroxyl groups is 2. The number of methoxy groups -OCH3 is 1. The summed E-state index contributed by atoms with van der Waals surface area (Å²) in [4.78, 5) is 17.2. The van der Waals surface area contributed by atoms with E-state index >= 15 is 0 Å². The summed E-state index contributed by atoms with van der Waals surface area (Å²) in [7, 11) is 1.60. The summed E-state index contributed by atoms with van der Waals surface area (Å²) < 4.78 is 14.9. The minimum absolute atomic E-state index is 0.161. The lowest BCUT2D eigenvalue weighted by molar-refractivity contribution is -0.0389. The van der Waals surface area contributed by atoms with Crippen LogP contribution in [0.5, 0.6) is 5.75 Å². The maximum absolute atomic E-state index is 11.0. The zero-order chi connectivity index (χ0) is 25.8. The first kappa shape index (κ1) is 23.9. The van der Waals surface area contributed by atoms with Crippen molar-refractivity contribution in [1.82, 2.24) is 29.1 Å². The SMILES string of the molecule is COc1ccc(-c2nc3cc(Cl)c(Cl)cc3n2CC2OC(n3cnc4c(N)ncnc43)C(O)C2O)cc1. The van der Waals surface area contributed by atoms with Crippen molar-refractivity contribution in [2.24, 2.45) is 0 Å². The standard InChI is InChI=1S/C24H21Cl2N7O4/c1-36-12-4-2-11(3-5-12)22-31-15-6-13(25)14(26)7-16(15)32(22)8-17-19(34)20(35)24(37-17)33-10-30-18-21(27)28-9-29-23(18)33/h2-7,9-10,17,19-20,24,34-35H,8H2,1H3,(H2,27,28,29). The van der Waals surface area contributed by atoms with Crippen molar-refractivity contribution >= 4 is 51.2 Å². The average molecular weight is 542 g/mol. The molecule has 5 aromatic rings. The van der Waals surface area contributed by atoms with Crippen LogP contribution in [0.25, 0.3) is 33.6 Å². The molecule has 0 bridgehead atoms. The highest BCUT2D eigenvalue weighted by molar-refractivity contribution is 6.42. The van der Waals surface area contributed by atoms with Gasteiger partial charge in [-0.2, -0.15) is 0 Å². The molecule has 1 aliphatic heterocycles. The zero-order valence-electron chi connectivity index (χ0n) is 19.4. The van der Waals surface area contributed by atoms with Crippen LogP contribution in [-0.4, -0.2) is 64.7 Å². The molecule has 0 aliphatic carbocycles. The van der Waals surface area contributed by atoms with Crippen LogP contribution in [0.15, 0.2) is 49.1 Å². The van der Waals surface area contributed by atoms with Crippen LogP contribution in [0.3, 0.4) is 0 Å². The Hall–Kier alpha value is -3.48. The number of anilines is 1. The first-order valence-electron chi connectivity index (χ1n) is 11.3. The molecule has 1 fully saturated rings. The lowest BCUT2D eigenvalue weighted by Crippen LogP contribution is -2.33. The first-order chi connectivity index (χ1) is 17.9. The maximum Gasteiger partial charge on any atom is 0.167 e. The third-order valence-corrected chi connectivity index (χ3v) is 7.22. The number of nitrogens with two attached hydrogens (primary N) is 1. The zero-order valence-corrected chi connectivity index (χ0v) is 20.9. The van der Waals surface area contributed by atoms with Gasteiger partial charge in [0, 0.05) is 5.56 Å². The molecule has 0 amide bonds. The van der Waals surface area contributed by atoms with Gasteiger partial charge in [-0.3, -0.25) is 4.57 Å². The van der Waals surface area contributed by atoms with Crippen molar-refractivity contribution in [2.45, 2.75) is 31.1 Å². The fraction of sp³-hybridized carbons (Fsp3) is 0.250. The Morgan fingerprint density at radius 3 is 2.57 bits per heavy atom. The van der Waals surface area contributed by atoms with Crippen LogP contribution in [0.4, 0.5) is 5.82 Å². The number of fused-ring (bicyclic) bond motifs is 2. The number of imidazole rings is 2. The number of halogens is 2. The molecule has 0 saturated carbocycles. The summed E-state index contributed by atoms with van der Waals surface area (Å²) in [5.41, 5.74) is 8.79. The van der Waals surface area contributed by atoms with E-state index in [0.717, 1.165) is 5.56 Å². The van der Waals surface area contributed by atoms with Gasteiger partial charge in [-0.25, -0.2) is 19.9 Å².